The zero-order chi connectivity index (χ0) is 15.0. The highest BCUT2D eigenvalue weighted by Gasteiger charge is 2.47. The molecule has 2 fully saturated rings. The first-order chi connectivity index (χ1) is 9.98. The van der Waals surface area contributed by atoms with E-state index in [9.17, 15) is 9.18 Å². The maximum Gasteiger partial charge on any atom is 0.237 e. The molecule has 1 aromatic rings. The van der Waals surface area contributed by atoms with Crippen LogP contribution in [0.25, 0.3) is 0 Å². The maximum absolute atomic E-state index is 13.5. The van der Waals surface area contributed by atoms with Crippen LogP contribution in [0.3, 0.4) is 0 Å². The van der Waals surface area contributed by atoms with Crippen molar-refractivity contribution < 1.29 is 13.9 Å². The summed E-state index contributed by atoms with van der Waals surface area (Å²) in [7, 11) is 0. The smallest absolute Gasteiger partial charge is 0.237 e. The molecule has 114 valence electrons. The molecule has 2 saturated carbocycles. The quantitative estimate of drug-likeness (QED) is 0.873. The van der Waals surface area contributed by atoms with Crippen molar-refractivity contribution in [2.24, 2.45) is 5.73 Å². The van der Waals surface area contributed by atoms with Gasteiger partial charge in [-0.15, -0.1) is 0 Å². The molecule has 0 bridgehead atoms. The number of nitrogens with one attached hydrogen (secondary N) is 1. The first kappa shape index (κ1) is 14.3. The number of nitrogens with two attached hydrogens (primary N) is 1. The molecule has 0 radical (unpaired) electrons. The van der Waals surface area contributed by atoms with Crippen LogP contribution in [0.2, 0.25) is 0 Å². The fraction of sp³-hybridized carbons (Fsp3) is 0.562. The molecular weight excluding hydrogens is 271 g/mol. The van der Waals surface area contributed by atoms with Crippen molar-refractivity contribution in [2.45, 2.75) is 56.7 Å². The summed E-state index contributed by atoms with van der Waals surface area (Å²) >= 11 is 0. The van der Waals surface area contributed by atoms with Crippen LogP contribution in [0, 0.1) is 12.7 Å². The predicted octanol–water partition coefficient (Wildman–Crippen LogP) is 2.04. The Labute approximate surface area is 123 Å². The van der Waals surface area contributed by atoms with E-state index in [4.69, 9.17) is 10.5 Å². The fourth-order valence-corrected chi connectivity index (χ4v) is 2.98. The van der Waals surface area contributed by atoms with Gasteiger partial charge in [0.1, 0.15) is 23.2 Å². The van der Waals surface area contributed by atoms with Crippen LogP contribution in [-0.4, -0.2) is 23.6 Å². The van der Waals surface area contributed by atoms with Crippen LogP contribution in [0.4, 0.5) is 4.39 Å². The zero-order valence-corrected chi connectivity index (χ0v) is 12.2. The van der Waals surface area contributed by atoms with Crippen molar-refractivity contribution in [2.75, 3.05) is 0 Å². The number of ether oxygens (including phenoxy) is 1. The number of amides is 1. The summed E-state index contributed by atoms with van der Waals surface area (Å²) in [6.07, 6.45) is 4.07. The Morgan fingerprint density at radius 3 is 2.81 bits per heavy atom. The van der Waals surface area contributed by atoms with E-state index in [2.05, 4.69) is 5.32 Å². The van der Waals surface area contributed by atoms with Crippen molar-refractivity contribution in [3.8, 4) is 5.75 Å². The highest BCUT2D eigenvalue weighted by molar-refractivity contribution is 5.85. The highest BCUT2D eigenvalue weighted by Crippen LogP contribution is 2.36. The number of carbonyl (C=O) groups excluding carboxylic acids is 1. The SMILES string of the molecule is Cc1ccc(OC2CCC(NC3CC3)(C(N)=O)C2)cc1F. The van der Waals surface area contributed by atoms with Gasteiger partial charge < -0.3 is 15.8 Å². The molecule has 3 rings (SSSR count). The molecular formula is C16H21FN2O2. The van der Waals surface area contributed by atoms with Gasteiger partial charge in [0, 0.05) is 18.5 Å². The first-order valence-electron chi connectivity index (χ1n) is 7.49. The maximum atomic E-state index is 13.5. The van der Waals surface area contributed by atoms with Gasteiger partial charge in [-0.05, 0) is 44.2 Å². The predicted molar refractivity (Wildman–Crippen MR) is 77.5 cm³/mol. The monoisotopic (exact) mass is 292 g/mol. The second kappa shape index (κ2) is 5.30. The van der Waals surface area contributed by atoms with E-state index >= 15 is 0 Å². The average Bonchev–Trinajstić information content (AvgIpc) is 3.14. The lowest BCUT2D eigenvalue weighted by molar-refractivity contribution is -0.124. The van der Waals surface area contributed by atoms with Gasteiger partial charge in [-0.1, -0.05) is 6.07 Å². The minimum Gasteiger partial charge on any atom is -0.490 e. The van der Waals surface area contributed by atoms with Crippen molar-refractivity contribution in [1.82, 2.24) is 5.32 Å². The van der Waals surface area contributed by atoms with E-state index < -0.39 is 5.54 Å². The second-order valence-electron chi connectivity index (χ2n) is 6.26. The summed E-state index contributed by atoms with van der Waals surface area (Å²) in [5, 5.41) is 3.37. The second-order valence-corrected chi connectivity index (χ2v) is 6.26. The number of aryl methyl sites for hydroxylation is 1. The Hall–Kier alpha value is -1.62. The number of primary amides is 1. The molecule has 4 nitrogen and oxygen atoms in total. The van der Waals surface area contributed by atoms with Crippen LogP contribution in [-0.2, 0) is 4.79 Å². The van der Waals surface area contributed by atoms with Gasteiger partial charge in [-0.3, -0.25) is 4.79 Å². The third kappa shape index (κ3) is 3.02. The summed E-state index contributed by atoms with van der Waals surface area (Å²) in [6.45, 7) is 1.71. The fourth-order valence-electron chi connectivity index (χ4n) is 2.98. The van der Waals surface area contributed by atoms with Gasteiger partial charge in [-0.25, -0.2) is 4.39 Å². The lowest BCUT2D eigenvalue weighted by Crippen LogP contribution is -2.55. The standard InChI is InChI=1S/C16H21FN2O2/c1-10-2-5-12(8-14(10)17)21-13-6-7-16(9-13,15(18)20)19-11-3-4-11/h2,5,8,11,13,19H,3-4,6-7,9H2,1H3,(H2,18,20). The van der Waals surface area contributed by atoms with Gasteiger partial charge in [0.15, 0.2) is 0 Å². The molecule has 2 aliphatic carbocycles. The summed E-state index contributed by atoms with van der Waals surface area (Å²) in [6, 6.07) is 5.27. The normalized spacial score (nSPS) is 28.6. The van der Waals surface area contributed by atoms with Crippen LogP contribution >= 0.6 is 0 Å². The third-order valence-corrected chi connectivity index (χ3v) is 4.44. The van der Waals surface area contributed by atoms with E-state index in [0.29, 0.717) is 30.2 Å². The van der Waals surface area contributed by atoms with E-state index in [1.54, 1.807) is 19.1 Å². The molecule has 0 spiro atoms. The van der Waals surface area contributed by atoms with E-state index in [0.717, 1.165) is 19.3 Å². The van der Waals surface area contributed by atoms with Gasteiger partial charge in [0.25, 0.3) is 0 Å². The first-order valence-corrected chi connectivity index (χ1v) is 7.49. The Morgan fingerprint density at radius 2 is 2.19 bits per heavy atom. The largest absolute Gasteiger partial charge is 0.490 e. The Balaban J connectivity index is 1.67. The summed E-state index contributed by atoms with van der Waals surface area (Å²) in [4.78, 5) is 11.8. The Bertz CT molecular complexity index is 559. The van der Waals surface area contributed by atoms with Crippen molar-refractivity contribution >= 4 is 5.91 Å². The van der Waals surface area contributed by atoms with Crippen LogP contribution in [0.5, 0.6) is 5.75 Å². The number of benzene rings is 1. The lowest BCUT2D eigenvalue weighted by atomic mass is 9.96. The number of hydrogen-bond acceptors (Lipinski definition) is 3. The lowest BCUT2D eigenvalue weighted by Gasteiger charge is -2.27. The molecule has 0 saturated heterocycles. The molecule has 1 amide bonds. The number of halogens is 1. The van der Waals surface area contributed by atoms with Crippen LogP contribution in [0.15, 0.2) is 18.2 Å². The van der Waals surface area contributed by atoms with Gasteiger partial charge in [-0.2, -0.15) is 0 Å². The molecule has 2 atom stereocenters. The molecule has 0 aromatic heterocycles. The Kier molecular flexibility index (Phi) is 3.61. The molecule has 0 aliphatic heterocycles. The summed E-state index contributed by atoms with van der Waals surface area (Å²) < 4.78 is 19.4. The molecule has 2 aliphatic rings. The third-order valence-electron chi connectivity index (χ3n) is 4.44. The van der Waals surface area contributed by atoms with Crippen LogP contribution in [0.1, 0.15) is 37.7 Å². The molecule has 21 heavy (non-hydrogen) atoms. The molecule has 3 N–H and O–H groups in total. The number of rotatable bonds is 5. The van der Waals surface area contributed by atoms with E-state index in [-0.39, 0.29) is 17.8 Å². The average molecular weight is 292 g/mol. The Morgan fingerprint density at radius 1 is 1.43 bits per heavy atom. The van der Waals surface area contributed by atoms with E-state index in [1.807, 2.05) is 0 Å². The zero-order valence-electron chi connectivity index (χ0n) is 12.2. The van der Waals surface area contributed by atoms with Crippen molar-refractivity contribution in [3.63, 3.8) is 0 Å². The molecule has 2 unspecified atom stereocenters. The minimum atomic E-state index is -0.658. The number of carbonyl (C=O) groups is 1. The minimum absolute atomic E-state index is 0.106. The summed E-state index contributed by atoms with van der Waals surface area (Å²) in [5.41, 5.74) is 5.53. The van der Waals surface area contributed by atoms with Crippen molar-refractivity contribution in [3.05, 3.63) is 29.6 Å². The van der Waals surface area contributed by atoms with Gasteiger partial charge >= 0.3 is 0 Å². The topological polar surface area (TPSA) is 64.3 Å². The van der Waals surface area contributed by atoms with Gasteiger partial charge in [0.2, 0.25) is 5.91 Å². The molecule has 0 heterocycles. The summed E-state index contributed by atoms with van der Waals surface area (Å²) in [5.74, 6) is -0.0758. The molecule has 1 aromatic carbocycles. The van der Waals surface area contributed by atoms with Crippen molar-refractivity contribution in [1.29, 1.82) is 0 Å². The van der Waals surface area contributed by atoms with Gasteiger partial charge in [0.05, 0.1) is 0 Å². The highest BCUT2D eigenvalue weighted by atomic mass is 19.1. The number of hydrogen-bond donors (Lipinski definition) is 2. The van der Waals surface area contributed by atoms with E-state index in [1.165, 1.54) is 6.07 Å². The molecule has 5 heteroatoms. The van der Waals surface area contributed by atoms with Crippen LogP contribution < -0.4 is 15.8 Å².